The van der Waals surface area contributed by atoms with Crippen molar-refractivity contribution in [2.45, 2.75) is 45.8 Å². The van der Waals surface area contributed by atoms with Crippen molar-refractivity contribution in [3.8, 4) is 0 Å². The second kappa shape index (κ2) is 5.46. The Morgan fingerprint density at radius 1 is 1.38 bits per heavy atom. The molecule has 0 aliphatic heterocycles. The van der Waals surface area contributed by atoms with Crippen LogP contribution in [-0.2, 0) is 11.2 Å². The molecular weight excluding hydrogens is 198 g/mol. The van der Waals surface area contributed by atoms with E-state index in [1.54, 1.807) is 0 Å². The monoisotopic (exact) mass is 221 g/mol. The van der Waals surface area contributed by atoms with Gasteiger partial charge in [0.05, 0.1) is 5.60 Å². The Kier molecular flexibility index (Phi) is 4.51. The van der Waals surface area contributed by atoms with Crippen molar-refractivity contribution in [1.82, 2.24) is 0 Å². The van der Waals surface area contributed by atoms with Gasteiger partial charge in [-0.15, -0.1) is 0 Å². The second-order valence-electron chi connectivity index (χ2n) is 4.84. The van der Waals surface area contributed by atoms with Crippen molar-refractivity contribution in [1.29, 1.82) is 0 Å². The van der Waals surface area contributed by atoms with E-state index in [0.29, 0.717) is 6.61 Å². The molecule has 1 rings (SSSR count). The van der Waals surface area contributed by atoms with Gasteiger partial charge < -0.3 is 10.5 Å². The van der Waals surface area contributed by atoms with E-state index < -0.39 is 0 Å². The van der Waals surface area contributed by atoms with Gasteiger partial charge in [-0.25, -0.2) is 0 Å². The van der Waals surface area contributed by atoms with Gasteiger partial charge in [0.1, 0.15) is 0 Å². The molecule has 0 aromatic heterocycles. The maximum absolute atomic E-state index is 6.19. The fourth-order valence-corrected chi connectivity index (χ4v) is 1.82. The van der Waals surface area contributed by atoms with Gasteiger partial charge in [-0.05, 0) is 39.7 Å². The number of rotatable bonds is 5. The molecule has 0 radical (unpaired) electrons. The predicted molar refractivity (Wildman–Crippen MR) is 68.6 cm³/mol. The molecule has 0 bridgehead atoms. The molecule has 0 aliphatic carbocycles. The zero-order valence-electron chi connectivity index (χ0n) is 10.8. The molecule has 16 heavy (non-hydrogen) atoms. The summed E-state index contributed by atoms with van der Waals surface area (Å²) in [6.45, 7) is 8.91. The van der Waals surface area contributed by atoms with Crippen LogP contribution < -0.4 is 5.73 Å². The van der Waals surface area contributed by atoms with Crippen LogP contribution >= 0.6 is 0 Å². The van der Waals surface area contributed by atoms with Gasteiger partial charge in [0.25, 0.3) is 0 Å². The van der Waals surface area contributed by atoms with Gasteiger partial charge in [-0.2, -0.15) is 0 Å². The number of aryl methyl sites for hydroxylation is 1. The smallest absolute Gasteiger partial charge is 0.0779 e. The summed E-state index contributed by atoms with van der Waals surface area (Å²) in [6, 6.07) is 8.50. The highest BCUT2D eigenvalue weighted by atomic mass is 16.5. The van der Waals surface area contributed by atoms with Gasteiger partial charge in [-0.1, -0.05) is 29.8 Å². The fourth-order valence-electron chi connectivity index (χ4n) is 1.82. The summed E-state index contributed by atoms with van der Waals surface area (Å²) in [7, 11) is 0. The highest BCUT2D eigenvalue weighted by molar-refractivity contribution is 5.23. The summed E-state index contributed by atoms with van der Waals surface area (Å²) >= 11 is 0. The van der Waals surface area contributed by atoms with Crippen LogP contribution in [0.2, 0.25) is 0 Å². The molecule has 0 saturated heterocycles. The molecule has 0 heterocycles. The van der Waals surface area contributed by atoms with Crippen molar-refractivity contribution in [3.05, 3.63) is 35.4 Å². The summed E-state index contributed by atoms with van der Waals surface area (Å²) in [5, 5.41) is 0. The molecule has 2 N–H and O–H groups in total. The number of nitrogens with two attached hydrogens (primary N) is 1. The van der Waals surface area contributed by atoms with Crippen molar-refractivity contribution >= 4 is 0 Å². The Morgan fingerprint density at radius 2 is 2.06 bits per heavy atom. The van der Waals surface area contributed by atoms with E-state index in [0.717, 1.165) is 6.42 Å². The average molecular weight is 221 g/mol. The Bertz CT molecular complexity index is 333. The lowest BCUT2D eigenvalue weighted by Crippen LogP contribution is -2.46. The summed E-state index contributed by atoms with van der Waals surface area (Å²) in [4.78, 5) is 0. The highest BCUT2D eigenvalue weighted by Crippen LogP contribution is 2.17. The van der Waals surface area contributed by atoms with Crippen molar-refractivity contribution in [2.24, 2.45) is 5.73 Å². The van der Waals surface area contributed by atoms with Crippen LogP contribution in [0.3, 0.4) is 0 Å². The van der Waals surface area contributed by atoms with Crippen LogP contribution in [0, 0.1) is 6.92 Å². The lowest BCUT2D eigenvalue weighted by Gasteiger charge is -2.31. The summed E-state index contributed by atoms with van der Waals surface area (Å²) in [6.07, 6.45) is 0.856. The quantitative estimate of drug-likeness (QED) is 0.829. The summed E-state index contributed by atoms with van der Waals surface area (Å²) in [5.41, 5.74) is 8.48. The van der Waals surface area contributed by atoms with Gasteiger partial charge >= 0.3 is 0 Å². The SMILES string of the molecule is CCOC(C)(C)C(N)Cc1cccc(C)c1. The standard InChI is InChI=1S/C14H23NO/c1-5-16-14(3,4)13(15)10-12-8-6-7-11(2)9-12/h6-9,13H,5,10,15H2,1-4H3. The molecule has 2 nitrogen and oxygen atoms in total. The number of benzene rings is 1. The van der Waals surface area contributed by atoms with Crippen molar-refractivity contribution < 1.29 is 4.74 Å². The highest BCUT2D eigenvalue weighted by Gasteiger charge is 2.26. The number of hydrogen-bond acceptors (Lipinski definition) is 2. The molecule has 1 aromatic carbocycles. The first kappa shape index (κ1) is 13.2. The van der Waals surface area contributed by atoms with Crippen LogP contribution in [0.4, 0.5) is 0 Å². The van der Waals surface area contributed by atoms with Crippen molar-refractivity contribution in [2.75, 3.05) is 6.61 Å². The molecule has 2 heteroatoms. The summed E-state index contributed by atoms with van der Waals surface area (Å²) < 4.78 is 5.67. The van der Waals surface area contributed by atoms with Crippen LogP contribution in [0.1, 0.15) is 31.9 Å². The van der Waals surface area contributed by atoms with Crippen LogP contribution in [0.5, 0.6) is 0 Å². The first-order chi connectivity index (χ1) is 7.45. The molecule has 1 unspecified atom stereocenters. The van der Waals surface area contributed by atoms with E-state index in [-0.39, 0.29) is 11.6 Å². The van der Waals surface area contributed by atoms with E-state index in [1.807, 2.05) is 6.92 Å². The maximum Gasteiger partial charge on any atom is 0.0779 e. The van der Waals surface area contributed by atoms with Crippen LogP contribution in [0.15, 0.2) is 24.3 Å². The van der Waals surface area contributed by atoms with E-state index in [4.69, 9.17) is 10.5 Å². The van der Waals surface area contributed by atoms with Crippen LogP contribution in [-0.4, -0.2) is 18.2 Å². The topological polar surface area (TPSA) is 35.2 Å². The first-order valence-electron chi connectivity index (χ1n) is 5.91. The molecule has 0 amide bonds. The van der Waals surface area contributed by atoms with E-state index in [1.165, 1.54) is 11.1 Å². The molecule has 0 spiro atoms. The molecule has 0 saturated carbocycles. The molecular formula is C14H23NO. The van der Waals surface area contributed by atoms with Gasteiger partial charge in [0.2, 0.25) is 0 Å². The Hall–Kier alpha value is -0.860. The third-order valence-electron chi connectivity index (χ3n) is 2.95. The Morgan fingerprint density at radius 3 is 2.62 bits per heavy atom. The largest absolute Gasteiger partial charge is 0.374 e. The second-order valence-corrected chi connectivity index (χ2v) is 4.84. The van der Waals surface area contributed by atoms with Gasteiger partial charge in [0, 0.05) is 12.6 Å². The zero-order valence-corrected chi connectivity index (χ0v) is 10.8. The normalized spacial score (nSPS) is 13.8. The maximum atomic E-state index is 6.19. The average Bonchev–Trinajstić information content (AvgIpc) is 2.17. The third kappa shape index (κ3) is 3.62. The zero-order chi connectivity index (χ0) is 12.2. The molecule has 90 valence electrons. The number of ether oxygens (including phenoxy) is 1. The first-order valence-corrected chi connectivity index (χ1v) is 5.91. The van der Waals surface area contributed by atoms with E-state index in [2.05, 4.69) is 45.0 Å². The Labute approximate surface area is 98.8 Å². The van der Waals surface area contributed by atoms with Crippen LogP contribution in [0.25, 0.3) is 0 Å². The van der Waals surface area contributed by atoms with Gasteiger partial charge in [0.15, 0.2) is 0 Å². The summed E-state index contributed by atoms with van der Waals surface area (Å²) in [5.74, 6) is 0. The lowest BCUT2D eigenvalue weighted by atomic mass is 9.92. The van der Waals surface area contributed by atoms with E-state index >= 15 is 0 Å². The minimum absolute atomic E-state index is 0.0225. The lowest BCUT2D eigenvalue weighted by molar-refractivity contribution is -0.0288. The van der Waals surface area contributed by atoms with E-state index in [9.17, 15) is 0 Å². The predicted octanol–water partition coefficient (Wildman–Crippen LogP) is 2.68. The number of hydrogen-bond donors (Lipinski definition) is 1. The third-order valence-corrected chi connectivity index (χ3v) is 2.95. The minimum Gasteiger partial charge on any atom is -0.374 e. The van der Waals surface area contributed by atoms with Crippen molar-refractivity contribution in [3.63, 3.8) is 0 Å². The van der Waals surface area contributed by atoms with Gasteiger partial charge in [-0.3, -0.25) is 0 Å². The Balaban J connectivity index is 2.67. The molecule has 1 atom stereocenters. The minimum atomic E-state index is -0.265. The molecule has 0 fully saturated rings. The fraction of sp³-hybridized carbons (Fsp3) is 0.571. The molecule has 0 aliphatic rings. The molecule has 1 aromatic rings.